The molecule has 162 valence electrons. The van der Waals surface area contributed by atoms with Crippen LogP contribution in [0.2, 0.25) is 0 Å². The molecule has 3 heterocycles. The highest BCUT2D eigenvalue weighted by atomic mass is 16.1. The van der Waals surface area contributed by atoms with E-state index in [-0.39, 0.29) is 5.91 Å². The fourth-order valence-electron chi connectivity index (χ4n) is 4.49. The maximum atomic E-state index is 12.4. The molecule has 0 unspecified atom stereocenters. The van der Waals surface area contributed by atoms with Crippen LogP contribution in [0, 0.1) is 6.92 Å². The van der Waals surface area contributed by atoms with Crippen LogP contribution in [0.15, 0.2) is 24.3 Å². The molecular formula is C24H35N5O. The number of nitrogens with one attached hydrogen (secondary N) is 1. The van der Waals surface area contributed by atoms with E-state index in [9.17, 15) is 4.79 Å². The molecule has 2 fully saturated rings. The third kappa shape index (κ3) is 5.10. The number of rotatable bonds is 5. The summed E-state index contributed by atoms with van der Waals surface area (Å²) in [4.78, 5) is 24.4. The Hall–Kier alpha value is -2.18. The van der Waals surface area contributed by atoms with Gasteiger partial charge in [-0.2, -0.15) is 0 Å². The molecule has 6 heteroatoms. The SMILES string of the molecule is Cc1cc(N2CCN(C)CC2)nc2ccc(CCC(=O)NC3CCN(C)CC3)cc12. The molecule has 2 aromatic rings. The highest BCUT2D eigenvalue weighted by Crippen LogP contribution is 2.25. The Morgan fingerprint density at radius 1 is 1.03 bits per heavy atom. The highest BCUT2D eigenvalue weighted by Gasteiger charge is 2.19. The van der Waals surface area contributed by atoms with Gasteiger partial charge in [-0.25, -0.2) is 4.98 Å². The number of piperidine rings is 1. The smallest absolute Gasteiger partial charge is 0.220 e. The van der Waals surface area contributed by atoms with Crippen LogP contribution < -0.4 is 10.2 Å². The number of benzene rings is 1. The number of carbonyl (C=O) groups is 1. The summed E-state index contributed by atoms with van der Waals surface area (Å²) in [6.07, 6.45) is 3.43. The van der Waals surface area contributed by atoms with Gasteiger partial charge in [-0.05, 0) is 82.7 Å². The fraction of sp³-hybridized carbons (Fsp3) is 0.583. The summed E-state index contributed by atoms with van der Waals surface area (Å²) in [5, 5.41) is 4.41. The van der Waals surface area contributed by atoms with E-state index < -0.39 is 0 Å². The number of likely N-dealkylation sites (N-methyl/N-ethyl adjacent to an activating group) is 1. The zero-order valence-electron chi connectivity index (χ0n) is 18.7. The number of pyridine rings is 1. The van der Waals surface area contributed by atoms with Gasteiger partial charge in [0.25, 0.3) is 0 Å². The van der Waals surface area contributed by atoms with Crippen molar-refractivity contribution in [3.05, 3.63) is 35.4 Å². The number of aryl methyl sites for hydroxylation is 2. The average molecular weight is 410 g/mol. The summed E-state index contributed by atoms with van der Waals surface area (Å²) in [7, 11) is 4.31. The Bertz CT molecular complexity index is 883. The number of hydrogen-bond donors (Lipinski definition) is 1. The first-order valence-corrected chi connectivity index (χ1v) is 11.3. The van der Waals surface area contributed by atoms with Gasteiger partial charge in [-0.3, -0.25) is 4.79 Å². The first-order chi connectivity index (χ1) is 14.5. The lowest BCUT2D eigenvalue weighted by Crippen LogP contribution is -2.44. The van der Waals surface area contributed by atoms with Crippen molar-refractivity contribution >= 4 is 22.6 Å². The molecule has 30 heavy (non-hydrogen) atoms. The van der Waals surface area contributed by atoms with Crippen molar-refractivity contribution in [2.75, 3.05) is 58.3 Å². The second kappa shape index (κ2) is 9.31. The second-order valence-electron chi connectivity index (χ2n) is 9.08. The Labute approximate surface area is 180 Å². The molecule has 0 saturated carbocycles. The Morgan fingerprint density at radius 2 is 1.73 bits per heavy atom. The quantitative estimate of drug-likeness (QED) is 0.822. The van der Waals surface area contributed by atoms with Gasteiger partial charge in [0.2, 0.25) is 5.91 Å². The lowest BCUT2D eigenvalue weighted by molar-refractivity contribution is -0.122. The van der Waals surface area contributed by atoms with Gasteiger partial charge in [0.05, 0.1) is 5.52 Å². The van der Waals surface area contributed by atoms with Crippen molar-refractivity contribution in [1.29, 1.82) is 0 Å². The van der Waals surface area contributed by atoms with Crippen molar-refractivity contribution in [2.24, 2.45) is 0 Å². The molecule has 0 bridgehead atoms. The number of hydrogen-bond acceptors (Lipinski definition) is 5. The molecule has 1 N–H and O–H groups in total. The number of nitrogens with zero attached hydrogens (tertiary/aromatic N) is 4. The summed E-state index contributed by atoms with van der Waals surface area (Å²) in [6, 6.07) is 9.01. The molecule has 0 spiro atoms. The standard InChI is InChI=1S/C24H35N5O/c1-18-16-23(29-14-12-28(3)13-15-29)26-22-6-4-19(17-21(18)22)5-7-24(30)25-20-8-10-27(2)11-9-20/h4,6,16-17,20H,5,7-15H2,1-3H3,(H,25,30). The van der Waals surface area contributed by atoms with E-state index in [4.69, 9.17) is 4.98 Å². The molecule has 0 radical (unpaired) electrons. The number of anilines is 1. The van der Waals surface area contributed by atoms with E-state index >= 15 is 0 Å². The lowest BCUT2D eigenvalue weighted by Gasteiger charge is -2.33. The van der Waals surface area contributed by atoms with Crippen molar-refractivity contribution in [3.63, 3.8) is 0 Å². The topological polar surface area (TPSA) is 51.7 Å². The zero-order chi connectivity index (χ0) is 21.1. The maximum absolute atomic E-state index is 12.4. The predicted molar refractivity (Wildman–Crippen MR) is 123 cm³/mol. The van der Waals surface area contributed by atoms with Crippen LogP contribution in [0.5, 0.6) is 0 Å². The summed E-state index contributed by atoms with van der Waals surface area (Å²) in [5.74, 6) is 1.25. The van der Waals surface area contributed by atoms with Crippen LogP contribution >= 0.6 is 0 Å². The number of carbonyl (C=O) groups excluding carboxylic acids is 1. The third-order valence-electron chi connectivity index (χ3n) is 6.62. The van der Waals surface area contributed by atoms with E-state index in [0.29, 0.717) is 12.5 Å². The summed E-state index contributed by atoms with van der Waals surface area (Å²) >= 11 is 0. The van der Waals surface area contributed by atoms with Gasteiger partial charge in [-0.1, -0.05) is 6.07 Å². The largest absolute Gasteiger partial charge is 0.354 e. The Kier molecular flexibility index (Phi) is 6.54. The maximum Gasteiger partial charge on any atom is 0.220 e. The van der Waals surface area contributed by atoms with Gasteiger partial charge in [0.1, 0.15) is 5.82 Å². The first kappa shape index (κ1) is 21.1. The number of likely N-dealkylation sites (tertiary alicyclic amines) is 1. The third-order valence-corrected chi connectivity index (χ3v) is 6.62. The molecule has 6 nitrogen and oxygen atoms in total. The van der Waals surface area contributed by atoms with E-state index in [1.165, 1.54) is 16.5 Å². The minimum absolute atomic E-state index is 0.171. The summed E-state index contributed by atoms with van der Waals surface area (Å²) < 4.78 is 0. The van der Waals surface area contributed by atoms with Crippen LogP contribution in [0.1, 0.15) is 30.4 Å². The van der Waals surface area contributed by atoms with Crippen molar-refractivity contribution in [3.8, 4) is 0 Å². The van der Waals surface area contributed by atoms with Crippen LogP contribution in [0.3, 0.4) is 0 Å². The molecule has 0 atom stereocenters. The van der Waals surface area contributed by atoms with E-state index in [1.807, 2.05) is 0 Å². The monoisotopic (exact) mass is 409 g/mol. The second-order valence-corrected chi connectivity index (χ2v) is 9.08. The van der Waals surface area contributed by atoms with Crippen molar-refractivity contribution < 1.29 is 4.79 Å². The fourth-order valence-corrected chi connectivity index (χ4v) is 4.49. The van der Waals surface area contributed by atoms with Crippen LogP contribution in [0.4, 0.5) is 5.82 Å². The molecule has 2 aliphatic heterocycles. The predicted octanol–water partition coefficient (Wildman–Crippen LogP) is 2.44. The Balaban J connectivity index is 1.38. The molecular weight excluding hydrogens is 374 g/mol. The van der Waals surface area contributed by atoms with E-state index in [1.54, 1.807) is 0 Å². The van der Waals surface area contributed by atoms with E-state index in [2.05, 4.69) is 65.3 Å². The molecule has 1 aromatic carbocycles. The van der Waals surface area contributed by atoms with Gasteiger partial charge < -0.3 is 20.0 Å². The highest BCUT2D eigenvalue weighted by molar-refractivity contribution is 5.85. The molecule has 1 amide bonds. The average Bonchev–Trinajstić information content (AvgIpc) is 2.74. The zero-order valence-corrected chi connectivity index (χ0v) is 18.7. The summed E-state index contributed by atoms with van der Waals surface area (Å²) in [6.45, 7) is 8.52. The molecule has 1 aromatic heterocycles. The molecule has 2 saturated heterocycles. The first-order valence-electron chi connectivity index (χ1n) is 11.3. The number of piperazine rings is 1. The Morgan fingerprint density at radius 3 is 2.47 bits per heavy atom. The molecule has 0 aliphatic carbocycles. The van der Waals surface area contributed by atoms with Gasteiger partial charge in [-0.15, -0.1) is 0 Å². The minimum Gasteiger partial charge on any atom is -0.354 e. The number of amides is 1. The number of fused-ring (bicyclic) bond motifs is 1. The van der Waals surface area contributed by atoms with Crippen molar-refractivity contribution in [2.45, 2.75) is 38.6 Å². The number of aromatic nitrogens is 1. The van der Waals surface area contributed by atoms with Gasteiger partial charge >= 0.3 is 0 Å². The van der Waals surface area contributed by atoms with E-state index in [0.717, 1.165) is 69.9 Å². The normalized spacial score (nSPS) is 19.4. The van der Waals surface area contributed by atoms with Gasteiger partial charge in [0, 0.05) is 44.0 Å². The minimum atomic E-state index is 0.171. The van der Waals surface area contributed by atoms with Crippen LogP contribution in [-0.4, -0.2) is 80.1 Å². The summed E-state index contributed by atoms with van der Waals surface area (Å²) in [5.41, 5.74) is 3.51. The van der Waals surface area contributed by atoms with Crippen molar-refractivity contribution in [1.82, 2.24) is 20.1 Å². The lowest BCUT2D eigenvalue weighted by atomic mass is 10.0. The molecule has 4 rings (SSSR count). The molecule has 2 aliphatic rings. The van der Waals surface area contributed by atoms with Crippen LogP contribution in [-0.2, 0) is 11.2 Å². The van der Waals surface area contributed by atoms with Crippen LogP contribution in [0.25, 0.3) is 10.9 Å². The van der Waals surface area contributed by atoms with Gasteiger partial charge in [0.15, 0.2) is 0 Å².